The van der Waals surface area contributed by atoms with E-state index >= 15 is 0 Å². The van der Waals surface area contributed by atoms with Crippen molar-refractivity contribution >= 4 is 11.0 Å². The van der Waals surface area contributed by atoms with Crippen LogP contribution in [0.25, 0.3) is 11.0 Å². The molecule has 0 saturated heterocycles. The van der Waals surface area contributed by atoms with Crippen LogP contribution in [0.4, 0.5) is 0 Å². The van der Waals surface area contributed by atoms with Gasteiger partial charge in [-0.15, -0.1) is 0 Å². The van der Waals surface area contributed by atoms with E-state index in [1.54, 1.807) is 7.11 Å². The van der Waals surface area contributed by atoms with Crippen LogP contribution < -0.4 is 5.73 Å². The molecule has 0 saturated carbocycles. The quantitative estimate of drug-likeness (QED) is 0.776. The van der Waals surface area contributed by atoms with Crippen molar-refractivity contribution in [1.29, 1.82) is 0 Å². The molecule has 2 rings (SSSR count). The molecule has 0 unspecified atom stereocenters. The zero-order valence-electron chi connectivity index (χ0n) is 9.52. The molecule has 4 nitrogen and oxygen atoms in total. The van der Waals surface area contributed by atoms with Gasteiger partial charge in [-0.2, -0.15) is 0 Å². The smallest absolute Gasteiger partial charge is 0.140 e. The highest BCUT2D eigenvalue weighted by Crippen LogP contribution is 2.18. The molecule has 4 heteroatoms. The second-order valence-electron chi connectivity index (χ2n) is 3.77. The fraction of sp³-hybridized carbons (Fsp3) is 0.417. The molecule has 0 aliphatic rings. The number of methoxy groups -OCH3 is 1. The summed E-state index contributed by atoms with van der Waals surface area (Å²) in [5.74, 6) is 0. The zero-order chi connectivity index (χ0) is 11.4. The lowest BCUT2D eigenvalue weighted by atomic mass is 10.2. The van der Waals surface area contributed by atoms with Gasteiger partial charge in [0.15, 0.2) is 0 Å². The highest BCUT2D eigenvalue weighted by molar-refractivity contribution is 5.80. The Morgan fingerprint density at radius 3 is 3.12 bits per heavy atom. The van der Waals surface area contributed by atoms with Crippen molar-refractivity contribution in [1.82, 2.24) is 9.55 Å². The molecule has 0 aliphatic heterocycles. The van der Waals surface area contributed by atoms with Gasteiger partial charge >= 0.3 is 0 Å². The van der Waals surface area contributed by atoms with E-state index in [4.69, 9.17) is 10.5 Å². The average Bonchev–Trinajstić information content (AvgIpc) is 2.68. The Labute approximate surface area is 95.0 Å². The normalized spacial score (nSPS) is 11.1. The fourth-order valence-electron chi connectivity index (χ4n) is 1.91. The van der Waals surface area contributed by atoms with Crippen molar-refractivity contribution in [3.05, 3.63) is 30.1 Å². The summed E-state index contributed by atoms with van der Waals surface area (Å²) < 4.78 is 7.20. The SMILES string of the molecule is COCCCn1cc(CN)c2cccnc21. The van der Waals surface area contributed by atoms with E-state index in [-0.39, 0.29) is 0 Å². The van der Waals surface area contributed by atoms with Gasteiger partial charge in [0.1, 0.15) is 5.65 Å². The standard InChI is InChI=1S/C12H17N3O/c1-16-7-3-6-15-9-10(8-13)11-4-2-5-14-12(11)15/h2,4-5,9H,3,6-8,13H2,1H3. The predicted molar refractivity (Wildman–Crippen MR) is 64.1 cm³/mol. The van der Waals surface area contributed by atoms with Crippen LogP contribution in [0.1, 0.15) is 12.0 Å². The molecule has 0 aromatic carbocycles. The molecular formula is C12H17N3O. The first-order valence-corrected chi connectivity index (χ1v) is 5.48. The molecule has 2 aromatic heterocycles. The lowest BCUT2D eigenvalue weighted by Gasteiger charge is -2.03. The van der Waals surface area contributed by atoms with Crippen molar-refractivity contribution in [2.75, 3.05) is 13.7 Å². The molecule has 0 radical (unpaired) electrons. The first-order valence-electron chi connectivity index (χ1n) is 5.48. The molecule has 16 heavy (non-hydrogen) atoms. The second-order valence-corrected chi connectivity index (χ2v) is 3.77. The summed E-state index contributed by atoms with van der Waals surface area (Å²) in [5, 5.41) is 1.16. The van der Waals surface area contributed by atoms with Crippen LogP contribution in [-0.4, -0.2) is 23.3 Å². The molecule has 0 atom stereocenters. The maximum Gasteiger partial charge on any atom is 0.140 e. The van der Waals surface area contributed by atoms with Crippen molar-refractivity contribution in [2.24, 2.45) is 5.73 Å². The molecule has 0 spiro atoms. The van der Waals surface area contributed by atoms with Gasteiger partial charge in [-0.3, -0.25) is 0 Å². The van der Waals surface area contributed by atoms with E-state index in [1.165, 1.54) is 0 Å². The average molecular weight is 219 g/mol. The number of nitrogens with two attached hydrogens (primary N) is 1. The number of hydrogen-bond donors (Lipinski definition) is 1. The molecule has 0 bridgehead atoms. The highest BCUT2D eigenvalue weighted by Gasteiger charge is 2.07. The van der Waals surface area contributed by atoms with Crippen LogP contribution in [0.5, 0.6) is 0 Å². The second kappa shape index (κ2) is 5.09. The third-order valence-corrected chi connectivity index (χ3v) is 2.68. The van der Waals surface area contributed by atoms with Crippen LogP contribution in [0.3, 0.4) is 0 Å². The van der Waals surface area contributed by atoms with Crippen molar-refractivity contribution in [3.63, 3.8) is 0 Å². The number of nitrogens with zero attached hydrogens (tertiary/aromatic N) is 2. The first-order chi connectivity index (χ1) is 7.86. The van der Waals surface area contributed by atoms with E-state index in [9.17, 15) is 0 Å². The number of hydrogen-bond acceptors (Lipinski definition) is 3. The Hall–Kier alpha value is -1.39. The van der Waals surface area contributed by atoms with Crippen molar-refractivity contribution < 1.29 is 4.74 Å². The fourth-order valence-corrected chi connectivity index (χ4v) is 1.91. The third-order valence-electron chi connectivity index (χ3n) is 2.68. The van der Waals surface area contributed by atoms with E-state index in [0.29, 0.717) is 6.54 Å². The maximum atomic E-state index is 5.72. The Morgan fingerprint density at radius 1 is 1.50 bits per heavy atom. The molecule has 2 N–H and O–H groups in total. The molecule has 0 fully saturated rings. The van der Waals surface area contributed by atoms with Gasteiger partial charge in [0.2, 0.25) is 0 Å². The van der Waals surface area contributed by atoms with E-state index < -0.39 is 0 Å². The lowest BCUT2D eigenvalue weighted by Crippen LogP contribution is -2.01. The summed E-state index contributed by atoms with van der Waals surface area (Å²) in [6.45, 7) is 2.24. The molecule has 2 aromatic rings. The number of pyridine rings is 1. The van der Waals surface area contributed by atoms with E-state index in [2.05, 4.69) is 21.8 Å². The van der Waals surface area contributed by atoms with Gasteiger partial charge < -0.3 is 15.0 Å². The lowest BCUT2D eigenvalue weighted by molar-refractivity contribution is 0.190. The molecule has 2 heterocycles. The van der Waals surface area contributed by atoms with Crippen LogP contribution in [0.15, 0.2) is 24.5 Å². The van der Waals surface area contributed by atoms with Gasteiger partial charge in [-0.1, -0.05) is 0 Å². The summed E-state index contributed by atoms with van der Waals surface area (Å²) in [6, 6.07) is 4.01. The summed E-state index contributed by atoms with van der Waals surface area (Å²) in [7, 11) is 1.72. The Morgan fingerprint density at radius 2 is 2.38 bits per heavy atom. The van der Waals surface area contributed by atoms with Gasteiger partial charge in [-0.25, -0.2) is 4.98 Å². The Bertz CT molecular complexity index is 464. The maximum absolute atomic E-state index is 5.72. The largest absolute Gasteiger partial charge is 0.385 e. The van der Waals surface area contributed by atoms with Gasteiger partial charge in [0, 0.05) is 44.6 Å². The minimum Gasteiger partial charge on any atom is -0.385 e. The minimum atomic E-state index is 0.555. The molecule has 86 valence electrons. The van der Waals surface area contributed by atoms with Crippen LogP contribution in [-0.2, 0) is 17.8 Å². The van der Waals surface area contributed by atoms with Crippen molar-refractivity contribution in [2.45, 2.75) is 19.5 Å². The summed E-state index contributed by atoms with van der Waals surface area (Å²) in [5.41, 5.74) is 7.88. The van der Waals surface area contributed by atoms with Crippen LogP contribution >= 0.6 is 0 Å². The summed E-state index contributed by atoms with van der Waals surface area (Å²) in [6.07, 6.45) is 4.89. The first kappa shape index (κ1) is 11.1. The molecular weight excluding hydrogens is 202 g/mol. The summed E-state index contributed by atoms with van der Waals surface area (Å²) in [4.78, 5) is 4.40. The van der Waals surface area contributed by atoms with Crippen molar-refractivity contribution in [3.8, 4) is 0 Å². The summed E-state index contributed by atoms with van der Waals surface area (Å²) >= 11 is 0. The monoisotopic (exact) mass is 219 g/mol. The van der Waals surface area contributed by atoms with Gasteiger partial charge in [0.05, 0.1) is 0 Å². The van der Waals surface area contributed by atoms with Gasteiger partial charge in [0.25, 0.3) is 0 Å². The van der Waals surface area contributed by atoms with Crippen LogP contribution in [0.2, 0.25) is 0 Å². The molecule has 0 aliphatic carbocycles. The number of rotatable bonds is 5. The van der Waals surface area contributed by atoms with Gasteiger partial charge in [-0.05, 0) is 24.1 Å². The number of aromatic nitrogens is 2. The van der Waals surface area contributed by atoms with E-state index in [1.807, 2.05) is 12.3 Å². The predicted octanol–water partition coefficient (Wildman–Crippen LogP) is 1.53. The number of aryl methyl sites for hydroxylation is 1. The zero-order valence-corrected chi connectivity index (χ0v) is 9.52. The highest BCUT2D eigenvalue weighted by atomic mass is 16.5. The topological polar surface area (TPSA) is 53.1 Å². The van der Waals surface area contributed by atoms with E-state index in [0.717, 1.165) is 36.2 Å². The third kappa shape index (κ3) is 2.08. The Kier molecular flexibility index (Phi) is 3.54. The Balaban J connectivity index is 2.30. The van der Waals surface area contributed by atoms with Crippen LogP contribution in [0, 0.1) is 0 Å². The molecule has 0 amide bonds. The number of fused-ring (bicyclic) bond motifs is 1. The number of ether oxygens (including phenoxy) is 1. The minimum absolute atomic E-state index is 0.555.